The van der Waals surface area contributed by atoms with E-state index < -0.39 is 7.37 Å². The molecule has 46 valence electrons. The average Bonchev–Trinajstić information content (AvgIpc) is 1.82. The Morgan fingerprint density at radius 2 is 2.38 bits per heavy atom. The van der Waals surface area contributed by atoms with Crippen LogP contribution in [0.1, 0.15) is 6.42 Å². The van der Waals surface area contributed by atoms with Crippen LogP contribution in [0, 0.1) is 0 Å². The van der Waals surface area contributed by atoms with Crippen LogP contribution in [-0.2, 0) is 13.9 Å². The largest absolute Gasteiger partial charge is 0.412 e. The van der Waals surface area contributed by atoms with Gasteiger partial charge in [0.2, 0.25) is 7.37 Å². The van der Waals surface area contributed by atoms with Crippen molar-refractivity contribution in [1.29, 1.82) is 0 Å². The number of hydrogen-bond donors (Lipinski definition) is 0. The van der Waals surface area contributed by atoms with Crippen molar-refractivity contribution in [3.05, 3.63) is 0 Å². The maximum Gasteiger partial charge on any atom is 0.311 e. The van der Waals surface area contributed by atoms with Crippen LogP contribution in [0.2, 0.25) is 0 Å². The van der Waals surface area contributed by atoms with E-state index in [1.807, 2.05) is 0 Å². The Morgan fingerprint density at radius 3 is 2.50 bits per heavy atom. The second-order valence-corrected chi connectivity index (χ2v) is 4.61. The summed E-state index contributed by atoms with van der Waals surface area (Å²) in [6, 6.07) is 0. The van der Waals surface area contributed by atoms with Gasteiger partial charge in [0.1, 0.15) is 0 Å². The predicted octanol–water partition coefficient (Wildman–Crippen LogP) is 0.841. The maximum atomic E-state index is 10.8. The number of carbonyl (C=O) groups excluding carboxylic acids is 1. The van der Waals surface area contributed by atoms with Gasteiger partial charge >= 0.3 is 5.97 Å². The lowest BCUT2D eigenvalue weighted by Gasteiger charge is -1.98. The van der Waals surface area contributed by atoms with Crippen molar-refractivity contribution in [3.63, 3.8) is 0 Å². The van der Waals surface area contributed by atoms with Crippen molar-refractivity contribution in [2.75, 3.05) is 12.8 Å². The molecule has 0 saturated carbocycles. The van der Waals surface area contributed by atoms with E-state index >= 15 is 0 Å². The van der Waals surface area contributed by atoms with Crippen LogP contribution in [0.25, 0.3) is 0 Å². The molecule has 1 fully saturated rings. The summed E-state index contributed by atoms with van der Waals surface area (Å²) in [5, 5.41) is 0. The Hall–Kier alpha value is -0.300. The van der Waals surface area contributed by atoms with Crippen molar-refractivity contribution in [1.82, 2.24) is 0 Å². The summed E-state index contributed by atoms with van der Waals surface area (Å²) in [5.74, 6) is -0.323. The minimum Gasteiger partial charge on any atom is -0.412 e. The summed E-state index contributed by atoms with van der Waals surface area (Å²) in [5.41, 5.74) is 0. The van der Waals surface area contributed by atoms with Crippen molar-refractivity contribution in [3.8, 4) is 0 Å². The molecular formula is C4H7O3P. The first-order valence-electron chi connectivity index (χ1n) is 2.39. The topological polar surface area (TPSA) is 43.4 Å². The van der Waals surface area contributed by atoms with Crippen molar-refractivity contribution >= 4 is 13.3 Å². The van der Waals surface area contributed by atoms with Gasteiger partial charge < -0.3 is 4.52 Å². The molecule has 0 aliphatic carbocycles. The predicted molar refractivity (Wildman–Crippen MR) is 29.1 cm³/mol. The molecular weight excluding hydrogens is 127 g/mol. The van der Waals surface area contributed by atoms with E-state index in [0.29, 0.717) is 12.6 Å². The zero-order valence-corrected chi connectivity index (χ0v) is 5.48. The van der Waals surface area contributed by atoms with Crippen LogP contribution >= 0.6 is 7.37 Å². The summed E-state index contributed by atoms with van der Waals surface area (Å²) in [6.45, 7) is 1.48. The Balaban J connectivity index is 2.70. The van der Waals surface area contributed by atoms with Crippen LogP contribution in [0.3, 0.4) is 0 Å². The Morgan fingerprint density at radius 1 is 1.75 bits per heavy atom. The molecule has 3 nitrogen and oxygen atoms in total. The molecule has 1 heterocycles. The van der Waals surface area contributed by atoms with Gasteiger partial charge in [-0.1, -0.05) is 0 Å². The number of hydrogen-bond acceptors (Lipinski definition) is 3. The van der Waals surface area contributed by atoms with Gasteiger partial charge in [0.25, 0.3) is 0 Å². The lowest BCUT2D eigenvalue weighted by molar-refractivity contribution is -0.132. The van der Waals surface area contributed by atoms with Gasteiger partial charge in [-0.25, -0.2) is 0 Å². The number of carbonyl (C=O) groups is 1. The molecule has 0 spiro atoms. The van der Waals surface area contributed by atoms with Crippen LogP contribution in [0.5, 0.6) is 0 Å². The molecule has 1 saturated heterocycles. The van der Waals surface area contributed by atoms with Gasteiger partial charge in [-0.3, -0.25) is 9.36 Å². The quantitative estimate of drug-likeness (QED) is 0.461. The highest BCUT2D eigenvalue weighted by Crippen LogP contribution is 2.48. The molecule has 0 aromatic heterocycles. The van der Waals surface area contributed by atoms with Crippen LogP contribution in [0.15, 0.2) is 0 Å². The van der Waals surface area contributed by atoms with Gasteiger partial charge in [-0.15, -0.1) is 0 Å². The van der Waals surface area contributed by atoms with Crippen LogP contribution in [0.4, 0.5) is 0 Å². The first-order valence-corrected chi connectivity index (χ1v) is 4.65. The van der Waals surface area contributed by atoms with Gasteiger partial charge in [0.05, 0.1) is 6.42 Å². The lowest BCUT2D eigenvalue weighted by Crippen LogP contribution is -1.87. The van der Waals surface area contributed by atoms with Gasteiger partial charge in [0, 0.05) is 12.8 Å². The van der Waals surface area contributed by atoms with E-state index in [1.54, 1.807) is 0 Å². The molecule has 0 aromatic carbocycles. The van der Waals surface area contributed by atoms with E-state index in [4.69, 9.17) is 0 Å². The zero-order chi connectivity index (χ0) is 6.20. The fourth-order valence-corrected chi connectivity index (χ4v) is 1.80. The smallest absolute Gasteiger partial charge is 0.311 e. The monoisotopic (exact) mass is 134 g/mol. The second-order valence-electron chi connectivity index (χ2n) is 1.95. The Kier molecular flexibility index (Phi) is 1.16. The fraction of sp³-hybridized carbons (Fsp3) is 0.750. The highest BCUT2D eigenvalue weighted by Gasteiger charge is 2.28. The summed E-state index contributed by atoms with van der Waals surface area (Å²) in [6.07, 6.45) is 0.750. The molecule has 1 unspecified atom stereocenters. The first kappa shape index (κ1) is 5.83. The van der Waals surface area contributed by atoms with E-state index in [0.717, 1.165) is 0 Å². The van der Waals surface area contributed by atoms with Gasteiger partial charge in [0.15, 0.2) is 0 Å². The average molecular weight is 134 g/mol. The molecule has 0 radical (unpaired) electrons. The standard InChI is InChI=1S/C4H7O3P/c1-8(6)3-2-4(5)7-8/h2-3H2,1H3. The van der Waals surface area contributed by atoms with E-state index in [1.165, 1.54) is 6.66 Å². The molecule has 0 amide bonds. The van der Waals surface area contributed by atoms with Crippen LogP contribution in [-0.4, -0.2) is 18.8 Å². The van der Waals surface area contributed by atoms with E-state index in [2.05, 4.69) is 4.52 Å². The molecule has 0 bridgehead atoms. The molecule has 1 aliphatic rings. The molecule has 0 N–H and O–H groups in total. The van der Waals surface area contributed by atoms with Crippen molar-refractivity contribution < 1.29 is 13.9 Å². The normalized spacial score (nSPS) is 37.4. The number of rotatable bonds is 0. The lowest BCUT2D eigenvalue weighted by atomic mass is 10.5. The van der Waals surface area contributed by atoms with Crippen molar-refractivity contribution in [2.24, 2.45) is 0 Å². The molecule has 8 heavy (non-hydrogen) atoms. The molecule has 4 heteroatoms. The van der Waals surface area contributed by atoms with E-state index in [-0.39, 0.29) is 5.97 Å². The molecule has 1 aliphatic heterocycles. The molecule has 1 rings (SSSR count). The SMILES string of the molecule is CP1(=O)CCC(=O)O1. The highest BCUT2D eigenvalue weighted by molar-refractivity contribution is 7.59. The van der Waals surface area contributed by atoms with E-state index in [9.17, 15) is 9.36 Å². The third-order valence-corrected chi connectivity index (χ3v) is 2.64. The summed E-state index contributed by atoms with van der Waals surface area (Å²) in [4.78, 5) is 10.3. The van der Waals surface area contributed by atoms with Crippen LogP contribution < -0.4 is 0 Å². The Labute approximate surface area is 47.5 Å². The minimum atomic E-state index is -2.45. The summed E-state index contributed by atoms with van der Waals surface area (Å²) >= 11 is 0. The van der Waals surface area contributed by atoms with Gasteiger partial charge in [-0.05, 0) is 0 Å². The zero-order valence-electron chi connectivity index (χ0n) is 4.59. The minimum absolute atomic E-state index is 0.323. The highest BCUT2D eigenvalue weighted by atomic mass is 31.2. The molecule has 1 atom stereocenters. The summed E-state index contributed by atoms with van der Waals surface area (Å²) < 4.78 is 15.2. The fourth-order valence-electron chi connectivity index (χ4n) is 0.601. The third-order valence-electron chi connectivity index (χ3n) is 1.02. The first-order chi connectivity index (χ1) is 3.60. The maximum absolute atomic E-state index is 10.8. The second kappa shape index (κ2) is 1.59. The summed E-state index contributed by atoms with van der Waals surface area (Å²) in [7, 11) is -2.45. The Bertz CT molecular complexity index is 163. The van der Waals surface area contributed by atoms with Crippen molar-refractivity contribution in [2.45, 2.75) is 6.42 Å². The third kappa shape index (κ3) is 1.10. The molecule has 0 aromatic rings. The van der Waals surface area contributed by atoms with Gasteiger partial charge in [-0.2, -0.15) is 0 Å².